The predicted molar refractivity (Wildman–Crippen MR) is 85.4 cm³/mol. The Labute approximate surface area is 128 Å². The number of carbonyl (C=O) groups excluding carboxylic acids is 1. The molecule has 106 valence electrons. The lowest BCUT2D eigenvalue weighted by Gasteiger charge is -2.20. The summed E-state index contributed by atoms with van der Waals surface area (Å²) in [5.74, 6) is -0.0671. The number of benzene rings is 1. The molecule has 2 rings (SSSR count). The maximum Gasteiger partial charge on any atom is 0.246 e. The zero-order valence-corrected chi connectivity index (χ0v) is 12.4. The first kappa shape index (κ1) is 15.0. The minimum Gasteiger partial charge on any atom is -0.334 e. The zero-order chi connectivity index (χ0) is 14.9. The van der Waals surface area contributed by atoms with Crippen molar-refractivity contribution in [2.75, 3.05) is 6.54 Å². The summed E-state index contributed by atoms with van der Waals surface area (Å²) in [7, 11) is 0. The van der Waals surface area contributed by atoms with Crippen LogP contribution in [0.25, 0.3) is 6.08 Å². The molecule has 0 aliphatic heterocycles. The van der Waals surface area contributed by atoms with Crippen LogP contribution in [-0.2, 0) is 11.3 Å². The highest BCUT2D eigenvalue weighted by molar-refractivity contribution is 7.10. The van der Waals surface area contributed by atoms with Crippen LogP contribution >= 0.6 is 11.3 Å². The van der Waals surface area contributed by atoms with Gasteiger partial charge < -0.3 is 4.90 Å². The monoisotopic (exact) mass is 296 g/mol. The summed E-state index contributed by atoms with van der Waals surface area (Å²) in [6.45, 7) is 0.967. The molecule has 1 aromatic carbocycles. The molecule has 0 unspecified atom stereocenters. The van der Waals surface area contributed by atoms with Crippen LogP contribution in [0.2, 0.25) is 0 Å². The van der Waals surface area contributed by atoms with Crippen LogP contribution in [0.5, 0.6) is 0 Å². The Morgan fingerprint density at radius 2 is 2.05 bits per heavy atom. The molecule has 0 N–H and O–H groups in total. The first-order valence-electron chi connectivity index (χ1n) is 6.71. The van der Waals surface area contributed by atoms with Gasteiger partial charge in [-0.1, -0.05) is 36.4 Å². The van der Waals surface area contributed by atoms with Gasteiger partial charge in [0.05, 0.1) is 12.5 Å². The largest absolute Gasteiger partial charge is 0.334 e. The fraction of sp³-hybridized carbons (Fsp3) is 0.176. The van der Waals surface area contributed by atoms with Gasteiger partial charge in [-0.2, -0.15) is 5.26 Å². The predicted octanol–water partition coefficient (Wildman–Crippen LogP) is 3.70. The van der Waals surface area contributed by atoms with E-state index in [1.807, 2.05) is 53.9 Å². The summed E-state index contributed by atoms with van der Waals surface area (Å²) in [5.41, 5.74) is 1.06. The van der Waals surface area contributed by atoms with Crippen LogP contribution in [0, 0.1) is 11.3 Å². The van der Waals surface area contributed by atoms with E-state index < -0.39 is 0 Å². The smallest absolute Gasteiger partial charge is 0.246 e. The average Bonchev–Trinajstić information content (AvgIpc) is 3.03. The van der Waals surface area contributed by atoms with Gasteiger partial charge in [0.2, 0.25) is 5.91 Å². The lowest BCUT2D eigenvalue weighted by Crippen LogP contribution is -2.29. The second-order valence-corrected chi connectivity index (χ2v) is 5.48. The summed E-state index contributed by atoms with van der Waals surface area (Å²) >= 11 is 1.59. The van der Waals surface area contributed by atoms with Crippen molar-refractivity contribution in [3.05, 3.63) is 64.4 Å². The third-order valence-electron chi connectivity index (χ3n) is 2.95. The minimum absolute atomic E-state index is 0.0671. The lowest BCUT2D eigenvalue weighted by atomic mass is 10.2. The van der Waals surface area contributed by atoms with Crippen molar-refractivity contribution in [3.63, 3.8) is 0 Å². The van der Waals surface area contributed by atoms with Gasteiger partial charge in [-0.15, -0.1) is 11.3 Å². The first-order valence-corrected chi connectivity index (χ1v) is 7.59. The summed E-state index contributed by atoms with van der Waals surface area (Å²) in [4.78, 5) is 15.0. The molecule has 0 aliphatic carbocycles. The fourth-order valence-corrected chi connectivity index (χ4v) is 2.52. The van der Waals surface area contributed by atoms with Gasteiger partial charge >= 0.3 is 0 Å². The van der Waals surface area contributed by atoms with Gasteiger partial charge in [0, 0.05) is 24.0 Å². The van der Waals surface area contributed by atoms with Gasteiger partial charge in [0.15, 0.2) is 0 Å². The van der Waals surface area contributed by atoms with Crippen molar-refractivity contribution in [1.82, 2.24) is 4.90 Å². The van der Waals surface area contributed by atoms with Crippen molar-refractivity contribution in [1.29, 1.82) is 5.26 Å². The average molecular weight is 296 g/mol. The molecule has 4 heteroatoms. The topological polar surface area (TPSA) is 44.1 Å². The van der Waals surface area contributed by atoms with E-state index in [1.54, 1.807) is 22.3 Å². The maximum absolute atomic E-state index is 12.3. The molecular formula is C17H16N2OS. The molecule has 3 nitrogen and oxygen atoms in total. The molecule has 21 heavy (non-hydrogen) atoms. The van der Waals surface area contributed by atoms with E-state index in [2.05, 4.69) is 6.07 Å². The van der Waals surface area contributed by atoms with Crippen molar-refractivity contribution in [2.24, 2.45) is 0 Å². The van der Waals surface area contributed by atoms with Gasteiger partial charge in [0.25, 0.3) is 0 Å². The van der Waals surface area contributed by atoms with E-state index >= 15 is 0 Å². The zero-order valence-electron chi connectivity index (χ0n) is 11.6. The van der Waals surface area contributed by atoms with Crippen LogP contribution in [0.15, 0.2) is 53.9 Å². The van der Waals surface area contributed by atoms with Crippen LogP contribution < -0.4 is 0 Å². The molecule has 0 saturated heterocycles. The van der Waals surface area contributed by atoms with Crippen LogP contribution in [-0.4, -0.2) is 17.4 Å². The summed E-state index contributed by atoms with van der Waals surface area (Å²) in [6, 6.07) is 15.8. The number of hydrogen-bond acceptors (Lipinski definition) is 3. The fourth-order valence-electron chi connectivity index (χ4n) is 1.90. The SMILES string of the molecule is N#CCCN(Cc1ccccc1)C(=O)/C=C/c1cccs1. The standard InChI is InChI=1S/C17H16N2OS/c18-11-5-12-19(14-15-6-2-1-3-7-15)17(20)10-9-16-8-4-13-21-16/h1-4,6-10,13H,5,12,14H2/b10-9+. The highest BCUT2D eigenvalue weighted by atomic mass is 32.1. The molecule has 0 saturated carbocycles. The van der Waals surface area contributed by atoms with Gasteiger partial charge in [-0.3, -0.25) is 4.79 Å². The molecule has 0 atom stereocenters. The highest BCUT2D eigenvalue weighted by Crippen LogP contribution is 2.11. The molecule has 0 spiro atoms. The van der Waals surface area contributed by atoms with E-state index in [0.717, 1.165) is 10.4 Å². The Morgan fingerprint density at radius 1 is 1.24 bits per heavy atom. The molecule has 2 aromatic rings. The quantitative estimate of drug-likeness (QED) is 0.763. The molecule has 1 heterocycles. The number of rotatable bonds is 6. The lowest BCUT2D eigenvalue weighted by molar-refractivity contribution is -0.126. The molecular weight excluding hydrogens is 280 g/mol. The van der Waals surface area contributed by atoms with E-state index in [1.165, 1.54) is 0 Å². The Kier molecular flexibility index (Phi) is 5.74. The third-order valence-corrected chi connectivity index (χ3v) is 3.79. The molecule has 0 bridgehead atoms. The Balaban J connectivity index is 2.04. The van der Waals surface area contributed by atoms with E-state index in [-0.39, 0.29) is 5.91 Å². The summed E-state index contributed by atoms with van der Waals surface area (Å²) < 4.78 is 0. The Hall–Kier alpha value is -2.38. The molecule has 0 aliphatic rings. The molecule has 1 aromatic heterocycles. The number of carbonyl (C=O) groups is 1. The molecule has 0 fully saturated rings. The number of amides is 1. The number of thiophene rings is 1. The van der Waals surface area contributed by atoms with Gasteiger partial charge in [-0.25, -0.2) is 0 Å². The summed E-state index contributed by atoms with van der Waals surface area (Å²) in [6.07, 6.45) is 3.73. The first-order chi connectivity index (χ1) is 10.3. The normalized spacial score (nSPS) is 10.4. The number of nitrogens with zero attached hydrogens (tertiary/aromatic N) is 2. The molecule has 1 amide bonds. The Bertz CT molecular complexity index is 627. The third kappa shape index (κ3) is 4.90. The van der Waals surface area contributed by atoms with Crippen LogP contribution in [0.4, 0.5) is 0 Å². The number of nitriles is 1. The van der Waals surface area contributed by atoms with E-state index in [4.69, 9.17) is 5.26 Å². The van der Waals surface area contributed by atoms with Gasteiger partial charge in [0.1, 0.15) is 0 Å². The van der Waals surface area contributed by atoms with Crippen LogP contribution in [0.3, 0.4) is 0 Å². The second-order valence-electron chi connectivity index (χ2n) is 4.50. The van der Waals surface area contributed by atoms with Crippen molar-refractivity contribution >= 4 is 23.3 Å². The summed E-state index contributed by atoms with van der Waals surface area (Å²) in [5, 5.41) is 10.7. The van der Waals surface area contributed by atoms with Gasteiger partial charge in [-0.05, 0) is 23.1 Å². The van der Waals surface area contributed by atoms with E-state index in [9.17, 15) is 4.79 Å². The van der Waals surface area contributed by atoms with Crippen molar-refractivity contribution in [2.45, 2.75) is 13.0 Å². The van der Waals surface area contributed by atoms with Crippen molar-refractivity contribution in [3.8, 4) is 6.07 Å². The number of hydrogen-bond donors (Lipinski definition) is 0. The highest BCUT2D eigenvalue weighted by Gasteiger charge is 2.10. The van der Waals surface area contributed by atoms with E-state index in [0.29, 0.717) is 19.5 Å². The second kappa shape index (κ2) is 8.03. The molecule has 0 radical (unpaired) electrons. The van der Waals surface area contributed by atoms with Crippen LogP contribution in [0.1, 0.15) is 16.9 Å². The minimum atomic E-state index is -0.0671. The maximum atomic E-state index is 12.3. The Morgan fingerprint density at radius 3 is 2.71 bits per heavy atom. The van der Waals surface area contributed by atoms with Crippen molar-refractivity contribution < 1.29 is 4.79 Å².